The molecule has 0 bridgehead atoms. The van der Waals surface area contributed by atoms with Crippen molar-refractivity contribution in [2.75, 3.05) is 0 Å². The van der Waals surface area contributed by atoms with E-state index in [1.54, 1.807) is 60.7 Å². The molecule has 0 N–H and O–H groups in total. The van der Waals surface area contributed by atoms with E-state index in [9.17, 15) is 0 Å². The number of halogens is 20. The molecule has 0 heterocycles. The van der Waals surface area contributed by atoms with Gasteiger partial charge in [0.15, 0.2) is 0 Å². The van der Waals surface area contributed by atoms with E-state index < -0.39 is 0 Å². The van der Waals surface area contributed by atoms with E-state index in [4.69, 9.17) is 232 Å². The molecule has 0 radical (unpaired) electrons. The Labute approximate surface area is 773 Å². The van der Waals surface area contributed by atoms with Crippen molar-refractivity contribution < 1.29 is 0 Å². The Morgan fingerprint density at radius 2 is 0.173 bits per heavy atom. The van der Waals surface area contributed by atoms with Gasteiger partial charge in [-0.3, -0.25) is 0 Å². The van der Waals surface area contributed by atoms with Crippen molar-refractivity contribution in [3.8, 4) is 0 Å². The average molecular weight is 2020 g/mol. The second-order valence-corrected chi connectivity index (χ2v) is 43.7. The van der Waals surface area contributed by atoms with Gasteiger partial charge < -0.3 is 0 Å². The molecule has 0 aliphatic carbocycles. The van der Waals surface area contributed by atoms with Gasteiger partial charge in [0.1, 0.15) is 0 Å². The van der Waals surface area contributed by atoms with Crippen LogP contribution in [0.3, 0.4) is 0 Å². The van der Waals surface area contributed by atoms with Crippen LogP contribution < -0.4 is 0 Å². The quantitative estimate of drug-likeness (QED) is 0.0674. The van der Waals surface area contributed by atoms with E-state index in [0.29, 0.717) is 149 Å². The molecule has 0 aliphatic heterocycles. The van der Waals surface area contributed by atoms with Gasteiger partial charge >= 0.3 is 0 Å². The third-order valence-electron chi connectivity index (χ3n) is 16.4. The van der Waals surface area contributed by atoms with Crippen LogP contribution in [-0.4, -0.2) is 0 Å². The van der Waals surface area contributed by atoms with Crippen LogP contribution in [0.15, 0.2) is 280 Å². The monoisotopic (exact) mass is 2010 g/mol. The minimum atomic E-state index is 0.391. The largest absolute Gasteiger partial charge is 0.0881 e. The fourth-order valence-corrected chi connectivity index (χ4v) is 31.9. The highest BCUT2D eigenvalue weighted by molar-refractivity contribution is 8.05. The highest BCUT2D eigenvalue weighted by atomic mass is 35.5. The van der Waals surface area contributed by atoms with Crippen LogP contribution in [0.1, 0.15) is 0 Å². The number of hydrogen-bond donors (Lipinski definition) is 0. The van der Waals surface area contributed by atoms with Gasteiger partial charge in [0.25, 0.3) is 0 Å². The van der Waals surface area contributed by atoms with E-state index in [0.717, 1.165) is 103 Å². The highest BCUT2D eigenvalue weighted by Gasteiger charge is 2.40. The van der Waals surface area contributed by atoms with E-state index >= 15 is 0 Å². The molecule has 0 nitrogen and oxygen atoms in total. The fourth-order valence-electron chi connectivity index (χ4n) is 12.7. The average Bonchev–Trinajstić information content (AvgIpc) is 1.49. The van der Waals surface area contributed by atoms with Crippen molar-refractivity contribution in [2.45, 2.75) is 97.9 Å². The minimum Gasteiger partial charge on any atom is -0.0881 e. The highest BCUT2D eigenvalue weighted by Crippen LogP contribution is 2.70. The Balaban J connectivity index is 1.29. The SMILES string of the molecule is Clc1cc(Cl)cc(Sc2c(Sc3cc(Cl)cc(Cl)c3)c3c(Sc4cc(Cl)cc(Cl)c4)c(Sc4cc(Cl)cc(Cl)c4)c4c(Sc5cc(Cl)cc(Cl)c5)c(Sc5cc(Cl)cc(Cl)c5)c5c(Sc6cc(Cl)cc(Cl)c6)c(Sc6cc(Cl)cc(Cl)c6)c6c(Sc7cc(Cl)cc(Cl)c7)c(Sc7cc(Cl)cc(Cl)c7)c2c2c3c4c5c62)c1. The van der Waals surface area contributed by atoms with Crippen LogP contribution in [0.2, 0.25) is 100 Å². The lowest BCUT2D eigenvalue weighted by Gasteiger charge is -2.25. The molecule has 110 heavy (non-hydrogen) atoms. The second-order valence-electron chi connectivity index (χ2n) is 24.1. The molecule has 30 heteroatoms. The molecule has 0 spiro atoms. The maximum absolute atomic E-state index is 7.20. The van der Waals surface area contributed by atoms with Crippen molar-refractivity contribution >= 4 is 403 Å². The van der Waals surface area contributed by atoms with Gasteiger partial charge in [-0.15, -0.1) is 0 Å². The molecule has 0 aliphatic rings. The fraction of sp³-hybridized carbons (Fsp3) is 0. The summed E-state index contributed by atoms with van der Waals surface area (Å²) in [5.41, 5.74) is 0. The van der Waals surface area contributed by atoms with Gasteiger partial charge in [0.2, 0.25) is 0 Å². The molecule has 550 valence electrons. The summed E-state index contributed by atoms with van der Waals surface area (Å²) >= 11 is 159. The third kappa shape index (κ3) is 17.9. The molecular weight excluding hydrogens is 1990 g/mol. The van der Waals surface area contributed by atoms with Crippen LogP contribution in [0.4, 0.5) is 0 Å². The summed E-state index contributed by atoms with van der Waals surface area (Å²) in [5, 5.41) is 16.0. The molecule has 16 aromatic carbocycles. The van der Waals surface area contributed by atoms with Gasteiger partial charge in [-0.05, 0) is 182 Å². The number of benzene rings is 15. The summed E-state index contributed by atoms with van der Waals surface area (Å²) in [6.07, 6.45) is 0. The van der Waals surface area contributed by atoms with Crippen molar-refractivity contribution in [2.24, 2.45) is 0 Å². The summed E-state index contributed by atoms with van der Waals surface area (Å²) in [7, 11) is 0. The molecule has 0 atom stereocenters. The molecule has 0 aromatic heterocycles. The molecule has 16 aromatic rings. The zero-order valence-corrected chi connectivity index (χ0v) is 77.2. The molecule has 0 unspecified atom stereocenters. The first-order valence-corrected chi connectivity index (χ1v) is 47.2. The minimum absolute atomic E-state index is 0.391. The Morgan fingerprint density at radius 3 is 0.245 bits per heavy atom. The Kier molecular flexibility index (Phi) is 25.9. The zero-order valence-electron chi connectivity index (χ0n) is 54.0. The van der Waals surface area contributed by atoms with Crippen molar-refractivity contribution in [1.82, 2.24) is 0 Å². The lowest BCUT2D eigenvalue weighted by molar-refractivity contribution is 1.21. The van der Waals surface area contributed by atoms with E-state index in [-0.39, 0.29) is 0 Å². The van der Waals surface area contributed by atoms with E-state index in [1.807, 2.05) is 121 Å². The molecule has 0 saturated carbocycles. The summed E-state index contributed by atoms with van der Waals surface area (Å²) < 4.78 is 0. The summed E-state index contributed by atoms with van der Waals surface area (Å²) in [4.78, 5) is 14.4. The Bertz CT molecular complexity index is 5020. The first kappa shape index (κ1) is 82.6. The van der Waals surface area contributed by atoms with Crippen molar-refractivity contribution in [1.29, 1.82) is 0 Å². The third-order valence-corrected chi connectivity index (χ3v) is 32.2. The second kappa shape index (κ2) is 34.6. The van der Waals surface area contributed by atoms with Gasteiger partial charge in [-0.25, -0.2) is 0 Å². The first-order valence-electron chi connectivity index (χ1n) is 31.4. The Morgan fingerprint density at radius 1 is 0.100 bits per heavy atom. The van der Waals surface area contributed by atoms with Crippen LogP contribution >= 0.6 is 350 Å². The van der Waals surface area contributed by atoms with Gasteiger partial charge in [-0.1, -0.05) is 350 Å². The van der Waals surface area contributed by atoms with E-state index in [2.05, 4.69) is 0 Å². The van der Waals surface area contributed by atoms with Crippen LogP contribution in [0.5, 0.6) is 0 Å². The van der Waals surface area contributed by atoms with E-state index in [1.165, 1.54) is 118 Å². The van der Waals surface area contributed by atoms with Gasteiger partial charge in [-0.2, -0.15) is 0 Å². The molecule has 0 fully saturated rings. The van der Waals surface area contributed by atoms with Crippen molar-refractivity contribution in [3.05, 3.63) is 282 Å². The summed E-state index contributed by atoms with van der Waals surface area (Å²) in [5.74, 6) is 0. The predicted molar refractivity (Wildman–Crippen MR) is 493 cm³/mol. The maximum atomic E-state index is 7.20. The zero-order chi connectivity index (χ0) is 77.2. The predicted octanol–water partition coefficient (Wildman–Crippen LogP) is 40.3. The topological polar surface area (TPSA) is 0 Å². The molecule has 16 rings (SSSR count). The Hall–Kier alpha value is -1.10. The first-order chi connectivity index (χ1) is 52.5. The number of rotatable bonds is 20. The smallest absolute Gasteiger partial charge is 0.0432 e. The lowest BCUT2D eigenvalue weighted by atomic mass is 9.99. The standard InChI is InChI=1S/C80H30Cl20S10/c81-31-1-32(82)12-51(11-31)101-71-66-61-62-64-65-63(61)68(75(105-55-19-39(89)5-40(90)20-55)73(66)103-53-15-35(85)3-36(86)16-53)77(107-57-23-43(93)7-44(94)24-57)79(109-59-27-47(97)9-48(98)28-59)70(65)80(110-60-29-49(99)10-50(100)30-60)78(108-58-25-45(95)8-46(96)26-58)69(64)76(106-56-21-41(91)6-42(92)22-56)74(104-54-17-37(87)4-38(88)18-54)67(62)72(71)102-52-13-33(83)2-34(84)14-52/h1-30H. The summed E-state index contributed by atoms with van der Waals surface area (Å²) in [6.45, 7) is 0. The van der Waals surface area contributed by atoms with Crippen LogP contribution in [-0.2, 0) is 0 Å². The van der Waals surface area contributed by atoms with Gasteiger partial charge in [0.05, 0.1) is 0 Å². The lowest BCUT2D eigenvalue weighted by Crippen LogP contribution is -1.97. The van der Waals surface area contributed by atoms with Gasteiger partial charge in [0, 0.05) is 252 Å². The maximum Gasteiger partial charge on any atom is 0.0432 e. The molecular formula is C80H30Cl20S10. The van der Waals surface area contributed by atoms with Crippen molar-refractivity contribution in [3.63, 3.8) is 0 Å². The van der Waals surface area contributed by atoms with Crippen LogP contribution in [0, 0.1) is 0 Å². The summed E-state index contributed by atoms with van der Waals surface area (Å²) in [6, 6.07) is 54.9. The molecule has 0 saturated heterocycles. The van der Waals surface area contributed by atoms with Crippen LogP contribution in [0.25, 0.3) is 53.9 Å². The number of hydrogen-bond acceptors (Lipinski definition) is 10. The molecule has 0 amide bonds. The normalized spacial score (nSPS) is 12.0.